The fourth-order valence-electron chi connectivity index (χ4n) is 3.49. The van der Waals surface area contributed by atoms with E-state index in [2.05, 4.69) is 19.2 Å². The third-order valence-electron chi connectivity index (χ3n) is 4.89. The lowest BCUT2D eigenvalue weighted by molar-refractivity contribution is 0.0712. The summed E-state index contributed by atoms with van der Waals surface area (Å²) < 4.78 is 5.56. The minimum absolute atomic E-state index is 0.462. The van der Waals surface area contributed by atoms with Gasteiger partial charge in [-0.2, -0.15) is 0 Å². The van der Waals surface area contributed by atoms with Gasteiger partial charge in [0.15, 0.2) is 0 Å². The molecule has 0 aromatic heterocycles. The number of nitrogens with one attached hydrogen (secondary N) is 1. The van der Waals surface area contributed by atoms with Crippen molar-refractivity contribution in [2.45, 2.75) is 70.6 Å². The maximum atomic E-state index is 5.56. The number of hydrogen-bond acceptors (Lipinski definition) is 2. The second-order valence-electron chi connectivity index (χ2n) is 5.85. The molecule has 0 aliphatic heterocycles. The molecule has 0 aromatic carbocycles. The summed E-state index contributed by atoms with van der Waals surface area (Å²) >= 11 is 0. The maximum Gasteiger partial charge on any atom is 0.0724 e. The standard InChI is InChI=1S/C14H27NO/c1-10-6-4-7-12(11(10)2)15-13-8-5-9-14(13)16-3/h10-15H,4-9H2,1-3H3. The lowest BCUT2D eigenvalue weighted by Gasteiger charge is -2.37. The Kier molecular flexibility index (Phi) is 4.26. The highest BCUT2D eigenvalue weighted by atomic mass is 16.5. The zero-order valence-electron chi connectivity index (χ0n) is 11.0. The predicted molar refractivity (Wildman–Crippen MR) is 67.5 cm³/mol. The topological polar surface area (TPSA) is 21.3 Å². The average Bonchev–Trinajstić information content (AvgIpc) is 2.72. The van der Waals surface area contributed by atoms with Gasteiger partial charge in [-0.1, -0.05) is 26.7 Å². The number of ether oxygens (including phenoxy) is 1. The van der Waals surface area contributed by atoms with Gasteiger partial charge in [-0.3, -0.25) is 0 Å². The molecule has 2 rings (SSSR count). The number of hydrogen-bond donors (Lipinski definition) is 1. The molecule has 2 saturated carbocycles. The van der Waals surface area contributed by atoms with E-state index in [1.54, 1.807) is 0 Å². The molecule has 2 heteroatoms. The largest absolute Gasteiger partial charge is 0.380 e. The van der Waals surface area contributed by atoms with Gasteiger partial charge in [0.25, 0.3) is 0 Å². The molecular weight excluding hydrogens is 198 g/mol. The van der Waals surface area contributed by atoms with Gasteiger partial charge in [0, 0.05) is 19.2 Å². The van der Waals surface area contributed by atoms with Crippen molar-refractivity contribution in [1.29, 1.82) is 0 Å². The molecule has 0 saturated heterocycles. The van der Waals surface area contributed by atoms with E-state index in [1.165, 1.54) is 38.5 Å². The summed E-state index contributed by atoms with van der Waals surface area (Å²) in [6, 6.07) is 1.34. The summed E-state index contributed by atoms with van der Waals surface area (Å²) in [5, 5.41) is 3.87. The molecule has 1 N–H and O–H groups in total. The molecule has 16 heavy (non-hydrogen) atoms. The van der Waals surface area contributed by atoms with E-state index in [0.29, 0.717) is 12.1 Å². The van der Waals surface area contributed by atoms with Crippen LogP contribution in [0.1, 0.15) is 52.4 Å². The predicted octanol–water partition coefficient (Wildman–Crippen LogP) is 2.97. The Hall–Kier alpha value is -0.0800. The smallest absolute Gasteiger partial charge is 0.0724 e. The molecule has 0 spiro atoms. The third kappa shape index (κ3) is 2.60. The molecule has 5 atom stereocenters. The van der Waals surface area contributed by atoms with Crippen molar-refractivity contribution >= 4 is 0 Å². The van der Waals surface area contributed by atoms with Crippen LogP contribution < -0.4 is 5.32 Å². The zero-order chi connectivity index (χ0) is 11.5. The van der Waals surface area contributed by atoms with Crippen molar-refractivity contribution in [3.8, 4) is 0 Å². The van der Waals surface area contributed by atoms with Crippen LogP contribution in [0.25, 0.3) is 0 Å². The molecule has 2 aliphatic carbocycles. The van der Waals surface area contributed by atoms with Crippen molar-refractivity contribution in [3.05, 3.63) is 0 Å². The van der Waals surface area contributed by atoms with Crippen LogP contribution in [0.15, 0.2) is 0 Å². The summed E-state index contributed by atoms with van der Waals surface area (Å²) in [4.78, 5) is 0. The third-order valence-corrected chi connectivity index (χ3v) is 4.89. The van der Waals surface area contributed by atoms with Crippen molar-refractivity contribution in [3.63, 3.8) is 0 Å². The van der Waals surface area contributed by atoms with Crippen LogP contribution in [0.5, 0.6) is 0 Å². The highest BCUT2D eigenvalue weighted by molar-refractivity contribution is 4.90. The Morgan fingerprint density at radius 3 is 2.38 bits per heavy atom. The first-order valence-corrected chi connectivity index (χ1v) is 7.01. The molecule has 0 radical (unpaired) electrons. The Bertz CT molecular complexity index is 219. The van der Waals surface area contributed by atoms with Crippen molar-refractivity contribution in [1.82, 2.24) is 5.32 Å². The Morgan fingerprint density at radius 2 is 1.62 bits per heavy atom. The summed E-state index contributed by atoms with van der Waals surface area (Å²) in [5.74, 6) is 1.71. The molecule has 0 heterocycles. The molecule has 0 amide bonds. The normalized spacial score (nSPS) is 44.8. The van der Waals surface area contributed by atoms with Gasteiger partial charge in [0.1, 0.15) is 0 Å². The van der Waals surface area contributed by atoms with Gasteiger partial charge < -0.3 is 10.1 Å². The maximum absolute atomic E-state index is 5.56. The molecule has 0 aromatic rings. The van der Waals surface area contributed by atoms with Crippen LogP contribution in [0.3, 0.4) is 0 Å². The van der Waals surface area contributed by atoms with Crippen LogP contribution in [-0.4, -0.2) is 25.3 Å². The van der Waals surface area contributed by atoms with Gasteiger partial charge in [0.2, 0.25) is 0 Å². The summed E-state index contributed by atoms with van der Waals surface area (Å²) in [6.07, 6.45) is 8.50. The first-order chi connectivity index (χ1) is 7.72. The van der Waals surface area contributed by atoms with E-state index in [9.17, 15) is 0 Å². The average molecular weight is 225 g/mol. The molecule has 5 unspecified atom stereocenters. The van der Waals surface area contributed by atoms with Crippen molar-refractivity contribution < 1.29 is 4.74 Å². The van der Waals surface area contributed by atoms with Gasteiger partial charge in [-0.25, -0.2) is 0 Å². The number of methoxy groups -OCH3 is 1. The molecular formula is C14H27NO. The van der Waals surface area contributed by atoms with Gasteiger partial charge in [-0.05, 0) is 37.5 Å². The van der Waals surface area contributed by atoms with Gasteiger partial charge >= 0.3 is 0 Å². The molecule has 2 nitrogen and oxygen atoms in total. The second kappa shape index (κ2) is 5.50. The first-order valence-electron chi connectivity index (χ1n) is 7.01. The van der Waals surface area contributed by atoms with Crippen LogP contribution in [-0.2, 0) is 4.74 Å². The van der Waals surface area contributed by atoms with E-state index in [1.807, 2.05) is 7.11 Å². The van der Waals surface area contributed by atoms with Crippen LogP contribution in [0, 0.1) is 11.8 Å². The minimum Gasteiger partial charge on any atom is -0.380 e. The lowest BCUT2D eigenvalue weighted by Crippen LogP contribution is -2.48. The zero-order valence-corrected chi connectivity index (χ0v) is 11.0. The van der Waals surface area contributed by atoms with E-state index in [0.717, 1.165) is 17.9 Å². The van der Waals surface area contributed by atoms with E-state index < -0.39 is 0 Å². The molecule has 94 valence electrons. The Morgan fingerprint density at radius 1 is 0.938 bits per heavy atom. The van der Waals surface area contributed by atoms with Crippen molar-refractivity contribution in [2.24, 2.45) is 11.8 Å². The Labute approximate surface area is 100 Å². The highest BCUT2D eigenvalue weighted by Crippen LogP contribution is 2.31. The number of rotatable bonds is 3. The summed E-state index contributed by atoms with van der Waals surface area (Å²) in [7, 11) is 1.86. The van der Waals surface area contributed by atoms with Gasteiger partial charge in [0.05, 0.1) is 6.10 Å². The minimum atomic E-state index is 0.462. The monoisotopic (exact) mass is 225 g/mol. The van der Waals surface area contributed by atoms with Crippen LogP contribution >= 0.6 is 0 Å². The fourth-order valence-corrected chi connectivity index (χ4v) is 3.49. The van der Waals surface area contributed by atoms with E-state index in [4.69, 9.17) is 4.74 Å². The summed E-state index contributed by atoms with van der Waals surface area (Å²) in [5.41, 5.74) is 0. The molecule has 0 bridgehead atoms. The quantitative estimate of drug-likeness (QED) is 0.797. The van der Waals surface area contributed by atoms with E-state index >= 15 is 0 Å². The highest BCUT2D eigenvalue weighted by Gasteiger charge is 2.33. The van der Waals surface area contributed by atoms with Crippen LogP contribution in [0.2, 0.25) is 0 Å². The summed E-state index contributed by atoms with van der Waals surface area (Å²) in [6.45, 7) is 4.82. The van der Waals surface area contributed by atoms with Crippen LogP contribution in [0.4, 0.5) is 0 Å². The van der Waals surface area contributed by atoms with E-state index in [-0.39, 0.29) is 0 Å². The Balaban J connectivity index is 1.88. The molecule has 2 fully saturated rings. The lowest BCUT2D eigenvalue weighted by atomic mass is 9.77. The first kappa shape index (κ1) is 12.4. The molecule has 2 aliphatic rings. The second-order valence-corrected chi connectivity index (χ2v) is 5.85. The SMILES string of the molecule is COC1CCCC1NC1CCCC(C)C1C. The van der Waals surface area contributed by atoms with Crippen molar-refractivity contribution in [2.75, 3.05) is 7.11 Å². The fraction of sp³-hybridized carbons (Fsp3) is 1.00. The van der Waals surface area contributed by atoms with Gasteiger partial charge in [-0.15, -0.1) is 0 Å².